The number of rotatable bonds is 1. The van der Waals surface area contributed by atoms with Crippen LogP contribution in [0.3, 0.4) is 0 Å². The van der Waals surface area contributed by atoms with E-state index in [4.69, 9.17) is 0 Å². The van der Waals surface area contributed by atoms with E-state index in [0.29, 0.717) is 5.56 Å². The molecule has 1 aromatic rings. The first-order valence-corrected chi connectivity index (χ1v) is 3.09. The van der Waals surface area contributed by atoms with E-state index in [1.165, 1.54) is 12.1 Å². The fraction of sp³-hybridized carbons (Fsp3) is 0.125. The Balaban J connectivity index is 3.15. The van der Waals surface area contributed by atoms with Crippen LogP contribution in [0.15, 0.2) is 18.2 Å². The third-order valence-corrected chi connectivity index (χ3v) is 1.41. The number of benzene rings is 1. The van der Waals surface area contributed by atoms with E-state index >= 15 is 0 Å². The molecule has 0 bridgehead atoms. The SMILES string of the molecule is Cc1ccc(C(=O)[O-])cc1F. The van der Waals surface area contributed by atoms with Gasteiger partial charge in [-0.25, -0.2) is 4.39 Å². The molecule has 1 aromatic carbocycles. The predicted octanol–water partition coefficient (Wildman–Crippen LogP) is 0.498. The second-order valence-corrected chi connectivity index (χ2v) is 2.25. The van der Waals surface area contributed by atoms with Gasteiger partial charge in [0.15, 0.2) is 0 Å². The lowest BCUT2D eigenvalue weighted by atomic mass is 10.1. The smallest absolute Gasteiger partial charge is 0.126 e. The summed E-state index contributed by atoms with van der Waals surface area (Å²) in [7, 11) is 0. The van der Waals surface area contributed by atoms with Crippen LogP contribution in [0.2, 0.25) is 0 Å². The maximum absolute atomic E-state index is 12.6. The van der Waals surface area contributed by atoms with Gasteiger partial charge in [-0.1, -0.05) is 12.1 Å². The van der Waals surface area contributed by atoms with E-state index in [1.807, 2.05) is 0 Å². The van der Waals surface area contributed by atoms with Crippen molar-refractivity contribution in [1.82, 2.24) is 0 Å². The van der Waals surface area contributed by atoms with Gasteiger partial charge in [-0.3, -0.25) is 0 Å². The summed E-state index contributed by atoms with van der Waals surface area (Å²) in [5, 5.41) is 10.2. The van der Waals surface area contributed by atoms with E-state index in [0.717, 1.165) is 6.07 Å². The molecule has 0 saturated carbocycles. The highest BCUT2D eigenvalue weighted by atomic mass is 19.1. The van der Waals surface area contributed by atoms with Gasteiger partial charge in [0.05, 0.1) is 5.97 Å². The van der Waals surface area contributed by atoms with E-state index in [-0.39, 0.29) is 5.56 Å². The number of hydrogen-bond acceptors (Lipinski definition) is 2. The van der Waals surface area contributed by atoms with Crippen LogP contribution in [0.4, 0.5) is 4.39 Å². The molecule has 0 amide bonds. The Bertz CT molecular complexity index is 294. The molecule has 0 saturated heterocycles. The molecule has 0 fully saturated rings. The molecule has 0 unspecified atom stereocenters. The van der Waals surface area contributed by atoms with Gasteiger partial charge in [-0.2, -0.15) is 0 Å². The van der Waals surface area contributed by atoms with Crippen LogP contribution < -0.4 is 5.11 Å². The van der Waals surface area contributed by atoms with Gasteiger partial charge in [0.25, 0.3) is 0 Å². The number of halogens is 1. The molecular weight excluding hydrogens is 147 g/mol. The number of carboxylic acids is 1. The molecule has 0 aliphatic carbocycles. The zero-order chi connectivity index (χ0) is 8.43. The Morgan fingerprint density at radius 3 is 2.64 bits per heavy atom. The lowest BCUT2D eigenvalue weighted by molar-refractivity contribution is -0.255. The molecule has 0 spiro atoms. The normalized spacial score (nSPS) is 9.64. The first-order valence-electron chi connectivity index (χ1n) is 3.09. The summed E-state index contributed by atoms with van der Waals surface area (Å²) in [5.74, 6) is -1.88. The summed E-state index contributed by atoms with van der Waals surface area (Å²) in [4.78, 5) is 10.2. The lowest BCUT2D eigenvalue weighted by Gasteiger charge is -2.02. The van der Waals surface area contributed by atoms with E-state index in [9.17, 15) is 14.3 Å². The fourth-order valence-corrected chi connectivity index (χ4v) is 0.720. The van der Waals surface area contributed by atoms with Crippen molar-refractivity contribution < 1.29 is 14.3 Å². The first-order chi connectivity index (χ1) is 5.11. The molecule has 0 radical (unpaired) electrons. The van der Waals surface area contributed by atoms with E-state index in [1.54, 1.807) is 6.92 Å². The topological polar surface area (TPSA) is 40.1 Å². The zero-order valence-electron chi connectivity index (χ0n) is 5.93. The average Bonchev–Trinajstić information content (AvgIpc) is 1.94. The van der Waals surface area contributed by atoms with Gasteiger partial charge in [0.2, 0.25) is 0 Å². The number of carboxylic acid groups (broad SMARTS) is 1. The summed E-state index contributed by atoms with van der Waals surface area (Å²) >= 11 is 0. The summed E-state index contributed by atoms with van der Waals surface area (Å²) in [5.41, 5.74) is 0.295. The zero-order valence-corrected chi connectivity index (χ0v) is 5.93. The largest absolute Gasteiger partial charge is 0.545 e. The molecule has 1 rings (SSSR count). The minimum absolute atomic E-state index is 0.131. The second-order valence-electron chi connectivity index (χ2n) is 2.25. The highest BCUT2D eigenvalue weighted by molar-refractivity contribution is 5.85. The van der Waals surface area contributed by atoms with Crippen molar-refractivity contribution in [2.75, 3.05) is 0 Å². The van der Waals surface area contributed by atoms with Crippen molar-refractivity contribution in [2.45, 2.75) is 6.92 Å². The van der Waals surface area contributed by atoms with Crippen LogP contribution in [0.5, 0.6) is 0 Å². The molecule has 0 heterocycles. The number of carbonyl (C=O) groups is 1. The third-order valence-electron chi connectivity index (χ3n) is 1.41. The third kappa shape index (κ3) is 1.55. The molecule has 0 aliphatic heterocycles. The van der Waals surface area contributed by atoms with Crippen molar-refractivity contribution in [2.24, 2.45) is 0 Å². The molecule has 11 heavy (non-hydrogen) atoms. The Kier molecular flexibility index (Phi) is 1.89. The van der Waals surface area contributed by atoms with Gasteiger partial charge in [-0.05, 0) is 18.6 Å². The van der Waals surface area contributed by atoms with Crippen molar-refractivity contribution in [3.63, 3.8) is 0 Å². The van der Waals surface area contributed by atoms with Crippen molar-refractivity contribution in [3.05, 3.63) is 35.1 Å². The maximum Gasteiger partial charge on any atom is 0.126 e. The van der Waals surface area contributed by atoms with Gasteiger partial charge in [-0.15, -0.1) is 0 Å². The van der Waals surface area contributed by atoms with Crippen LogP contribution in [0.25, 0.3) is 0 Å². The van der Waals surface area contributed by atoms with Crippen LogP contribution in [0.1, 0.15) is 15.9 Å². The lowest BCUT2D eigenvalue weighted by Crippen LogP contribution is -2.22. The highest BCUT2D eigenvalue weighted by Crippen LogP contribution is 2.07. The molecule has 3 heteroatoms. The van der Waals surface area contributed by atoms with E-state index < -0.39 is 11.8 Å². The second kappa shape index (κ2) is 2.70. The monoisotopic (exact) mass is 153 g/mol. The molecule has 0 aromatic heterocycles. The van der Waals surface area contributed by atoms with Gasteiger partial charge in [0, 0.05) is 5.56 Å². The molecule has 0 aliphatic rings. The summed E-state index contributed by atoms with van der Waals surface area (Å²) in [6.07, 6.45) is 0. The number of aryl methyl sites for hydroxylation is 1. The summed E-state index contributed by atoms with van der Waals surface area (Å²) < 4.78 is 12.6. The standard InChI is InChI=1S/C8H7FO2/c1-5-2-3-6(8(10)11)4-7(5)9/h2-4H,1H3,(H,10,11)/p-1. The fourth-order valence-electron chi connectivity index (χ4n) is 0.720. The molecule has 58 valence electrons. The number of hydrogen-bond donors (Lipinski definition) is 0. The summed E-state index contributed by atoms with van der Waals surface area (Å²) in [6.45, 7) is 1.56. The van der Waals surface area contributed by atoms with Crippen molar-refractivity contribution >= 4 is 5.97 Å². The minimum atomic E-state index is -1.36. The first kappa shape index (κ1) is 7.72. The van der Waals surface area contributed by atoms with Gasteiger partial charge < -0.3 is 9.90 Å². The minimum Gasteiger partial charge on any atom is -0.545 e. The van der Waals surface area contributed by atoms with E-state index in [2.05, 4.69) is 0 Å². The van der Waals surface area contributed by atoms with Crippen molar-refractivity contribution in [1.29, 1.82) is 0 Å². The summed E-state index contributed by atoms with van der Waals surface area (Å²) in [6, 6.07) is 3.67. The Labute approximate surface area is 63.3 Å². The number of aromatic carboxylic acids is 1. The van der Waals surface area contributed by atoms with Gasteiger partial charge in [0.1, 0.15) is 5.82 Å². The Morgan fingerprint density at radius 1 is 1.55 bits per heavy atom. The van der Waals surface area contributed by atoms with Crippen molar-refractivity contribution in [3.8, 4) is 0 Å². The predicted molar refractivity (Wildman–Crippen MR) is 35.5 cm³/mol. The van der Waals surface area contributed by atoms with Crippen LogP contribution in [-0.4, -0.2) is 5.97 Å². The molecular formula is C8H6FO2-. The Morgan fingerprint density at radius 2 is 2.18 bits per heavy atom. The molecule has 0 atom stereocenters. The maximum atomic E-state index is 12.6. The average molecular weight is 153 g/mol. The van der Waals surface area contributed by atoms with Crippen LogP contribution >= 0.6 is 0 Å². The highest BCUT2D eigenvalue weighted by Gasteiger charge is 1.98. The molecule has 2 nitrogen and oxygen atoms in total. The number of carbonyl (C=O) groups excluding carboxylic acids is 1. The quantitative estimate of drug-likeness (QED) is 0.589. The van der Waals surface area contributed by atoms with Crippen LogP contribution in [0, 0.1) is 12.7 Å². The van der Waals surface area contributed by atoms with Crippen LogP contribution in [-0.2, 0) is 0 Å². The Hall–Kier alpha value is -1.38. The van der Waals surface area contributed by atoms with Gasteiger partial charge >= 0.3 is 0 Å². The molecule has 0 N–H and O–H groups in total.